The number of aliphatic imine (C=N–C) groups is 1. The van der Waals surface area contributed by atoms with Crippen LogP contribution in [-0.4, -0.2) is 33.2 Å². The number of hydrogen-bond donors (Lipinski definition) is 2. The van der Waals surface area contributed by atoms with Gasteiger partial charge in [-0.05, 0) is 52.3 Å². The molecule has 0 bridgehead atoms. The van der Waals surface area contributed by atoms with Crippen molar-refractivity contribution in [3.63, 3.8) is 0 Å². The summed E-state index contributed by atoms with van der Waals surface area (Å²) in [5, 5.41) is 29.9. The Morgan fingerprint density at radius 1 is 1.42 bits per heavy atom. The summed E-state index contributed by atoms with van der Waals surface area (Å²) in [5.41, 5.74) is 5.69. The molecular weight excluding hydrogens is 330 g/mol. The molecule has 0 spiro atoms. The predicted octanol–water partition coefficient (Wildman–Crippen LogP) is 2.42. The molecule has 2 rings (SSSR count). The number of nitrogens with two attached hydrogens (primary N) is 1. The van der Waals surface area contributed by atoms with E-state index in [9.17, 15) is 15.6 Å². The molecule has 7 nitrogen and oxygen atoms in total. The molecule has 2 atom stereocenters. The highest BCUT2D eigenvalue weighted by Crippen LogP contribution is 2.43. The van der Waals surface area contributed by atoms with Gasteiger partial charge in [-0.1, -0.05) is 6.92 Å². The zero-order valence-electron chi connectivity index (χ0n) is 15.8. The Bertz CT molecular complexity index is 801. The maximum Gasteiger partial charge on any atom is 0.205 e. The van der Waals surface area contributed by atoms with E-state index in [1.807, 2.05) is 27.0 Å². The van der Waals surface area contributed by atoms with Gasteiger partial charge in [0, 0.05) is 5.56 Å². The Morgan fingerprint density at radius 2 is 2.08 bits per heavy atom. The summed E-state index contributed by atoms with van der Waals surface area (Å²) in [7, 11) is 0. The van der Waals surface area contributed by atoms with E-state index in [4.69, 9.17) is 10.5 Å². The third kappa shape index (κ3) is 3.58. The van der Waals surface area contributed by atoms with Crippen LogP contribution in [0.15, 0.2) is 23.2 Å². The Kier molecular flexibility index (Phi) is 5.16. The Morgan fingerprint density at radius 3 is 2.62 bits per heavy atom. The normalized spacial score (nSPS) is 21.8. The topological polar surface area (TPSA) is 119 Å². The van der Waals surface area contributed by atoms with E-state index in [0.29, 0.717) is 16.9 Å². The average molecular weight is 355 g/mol. The second-order valence-corrected chi connectivity index (χ2v) is 7.57. The van der Waals surface area contributed by atoms with Gasteiger partial charge in [0.2, 0.25) is 5.96 Å². The first-order chi connectivity index (χ1) is 12.1. The molecule has 0 radical (unpaired) electrons. The van der Waals surface area contributed by atoms with Crippen molar-refractivity contribution in [3.8, 4) is 18.0 Å². The van der Waals surface area contributed by atoms with Crippen molar-refractivity contribution in [2.75, 3.05) is 0 Å². The van der Waals surface area contributed by atoms with Crippen molar-refractivity contribution >= 4 is 5.96 Å². The molecule has 1 aromatic carbocycles. The minimum Gasteiger partial charge on any atom is -0.485 e. The van der Waals surface area contributed by atoms with Crippen molar-refractivity contribution in [1.29, 1.82) is 10.5 Å². The lowest BCUT2D eigenvalue weighted by Crippen LogP contribution is -2.55. The van der Waals surface area contributed by atoms with Gasteiger partial charge in [0.25, 0.3) is 0 Å². The van der Waals surface area contributed by atoms with Gasteiger partial charge in [-0.25, -0.2) is 9.89 Å². The lowest BCUT2D eigenvalue weighted by atomic mass is 9.85. The molecule has 1 aliphatic heterocycles. The number of aliphatic hydroxyl groups is 1. The van der Waals surface area contributed by atoms with Gasteiger partial charge in [-0.2, -0.15) is 10.5 Å². The molecule has 3 N–H and O–H groups in total. The van der Waals surface area contributed by atoms with Crippen molar-refractivity contribution in [2.45, 2.75) is 64.3 Å². The zero-order valence-corrected chi connectivity index (χ0v) is 15.8. The minimum atomic E-state index is -1.05. The zero-order chi connectivity index (χ0) is 19.7. The van der Waals surface area contributed by atoms with Crippen LogP contribution in [0.2, 0.25) is 0 Å². The largest absolute Gasteiger partial charge is 0.485 e. The third-order valence-electron chi connectivity index (χ3n) is 4.76. The van der Waals surface area contributed by atoms with Crippen molar-refractivity contribution in [1.82, 2.24) is 4.90 Å². The number of fused-ring (bicyclic) bond motifs is 1. The Hall–Kier alpha value is -2.77. The first-order valence-electron chi connectivity index (χ1n) is 8.51. The lowest BCUT2D eigenvalue weighted by molar-refractivity contribution is -0.0751. The molecule has 1 heterocycles. The molecule has 1 aromatic rings. The van der Waals surface area contributed by atoms with E-state index in [1.165, 1.54) is 4.90 Å². The van der Waals surface area contributed by atoms with E-state index >= 15 is 0 Å². The number of benzene rings is 1. The van der Waals surface area contributed by atoms with Crippen LogP contribution in [0.4, 0.5) is 0 Å². The van der Waals surface area contributed by atoms with Crippen LogP contribution in [0.5, 0.6) is 5.75 Å². The maximum atomic E-state index is 10.9. The molecule has 0 fully saturated rings. The SMILES string of the molecule is CCC(C)(C)N=C(N)N(C#N)C1c2cc(C#N)ccc2OC(C)(C)C1O. The van der Waals surface area contributed by atoms with Crippen molar-refractivity contribution in [2.24, 2.45) is 10.7 Å². The highest BCUT2D eigenvalue weighted by molar-refractivity contribution is 5.81. The first-order valence-corrected chi connectivity index (χ1v) is 8.51. The van der Waals surface area contributed by atoms with Crippen molar-refractivity contribution < 1.29 is 9.84 Å². The summed E-state index contributed by atoms with van der Waals surface area (Å²) >= 11 is 0. The fourth-order valence-corrected chi connectivity index (χ4v) is 2.82. The monoisotopic (exact) mass is 355 g/mol. The van der Waals surface area contributed by atoms with E-state index < -0.39 is 23.3 Å². The Balaban J connectivity index is 2.62. The molecule has 1 aliphatic rings. The fourth-order valence-electron chi connectivity index (χ4n) is 2.82. The van der Waals surface area contributed by atoms with E-state index in [2.05, 4.69) is 11.1 Å². The summed E-state index contributed by atoms with van der Waals surface area (Å²) in [4.78, 5) is 5.65. The van der Waals surface area contributed by atoms with Gasteiger partial charge in [0.05, 0.1) is 17.2 Å². The quantitative estimate of drug-likeness (QED) is 0.372. The summed E-state index contributed by atoms with van der Waals surface area (Å²) < 4.78 is 5.88. The predicted molar refractivity (Wildman–Crippen MR) is 98.1 cm³/mol. The molecule has 0 amide bonds. The molecule has 0 aromatic heterocycles. The van der Waals surface area contributed by atoms with Crippen LogP contribution in [0.25, 0.3) is 0 Å². The molecule has 138 valence electrons. The van der Waals surface area contributed by atoms with E-state index in [-0.39, 0.29) is 5.96 Å². The molecule has 0 saturated heterocycles. The second-order valence-electron chi connectivity index (χ2n) is 7.57. The van der Waals surface area contributed by atoms with Gasteiger partial charge in [-0.15, -0.1) is 0 Å². The van der Waals surface area contributed by atoms with Crippen LogP contribution in [0.3, 0.4) is 0 Å². The summed E-state index contributed by atoms with van der Waals surface area (Å²) in [6, 6.07) is 6.19. The van der Waals surface area contributed by atoms with Gasteiger partial charge in [-0.3, -0.25) is 0 Å². The molecule has 0 aliphatic carbocycles. The standard InChI is InChI=1S/C19H25N5O2/c1-6-18(2,3)23-17(22)24(11-21)15-13-9-12(10-20)7-8-14(13)26-19(4,5)16(15)25/h7-9,15-16,25H,6H2,1-5H3,(H2,22,23). The minimum absolute atomic E-state index is 0.0226. The molecule has 7 heteroatoms. The second kappa shape index (κ2) is 6.86. The third-order valence-corrected chi connectivity index (χ3v) is 4.76. The maximum absolute atomic E-state index is 10.9. The summed E-state index contributed by atoms with van der Waals surface area (Å²) in [6.45, 7) is 9.30. The fraction of sp³-hybridized carbons (Fsp3) is 0.526. The molecule has 2 unspecified atom stereocenters. The molecule has 0 saturated carbocycles. The van der Waals surface area contributed by atoms with E-state index in [0.717, 1.165) is 6.42 Å². The average Bonchev–Trinajstić information content (AvgIpc) is 2.58. The van der Waals surface area contributed by atoms with Crippen LogP contribution < -0.4 is 10.5 Å². The van der Waals surface area contributed by atoms with Crippen LogP contribution in [0, 0.1) is 22.8 Å². The van der Waals surface area contributed by atoms with Crippen molar-refractivity contribution in [3.05, 3.63) is 29.3 Å². The summed E-state index contributed by atoms with van der Waals surface area (Å²) in [6.07, 6.45) is 1.73. The highest BCUT2D eigenvalue weighted by atomic mass is 16.5. The number of guanidine groups is 1. The van der Waals surface area contributed by atoms with Gasteiger partial charge in [0.1, 0.15) is 23.5 Å². The number of nitriles is 2. The number of hydrogen-bond acceptors (Lipinski definition) is 5. The number of rotatable bonds is 3. The molecular formula is C19H25N5O2. The van der Waals surface area contributed by atoms with Crippen LogP contribution in [0.1, 0.15) is 58.2 Å². The highest BCUT2D eigenvalue weighted by Gasteiger charge is 2.46. The van der Waals surface area contributed by atoms with Crippen LogP contribution >= 0.6 is 0 Å². The molecule has 26 heavy (non-hydrogen) atoms. The first kappa shape index (κ1) is 19.6. The number of nitrogens with zero attached hydrogens (tertiary/aromatic N) is 4. The van der Waals surface area contributed by atoms with Gasteiger partial charge >= 0.3 is 0 Å². The Labute approximate surface area is 154 Å². The smallest absolute Gasteiger partial charge is 0.205 e. The lowest BCUT2D eigenvalue weighted by Gasteiger charge is -2.44. The summed E-state index contributed by atoms with van der Waals surface area (Å²) in [5.74, 6) is 0.529. The van der Waals surface area contributed by atoms with Crippen LogP contribution in [-0.2, 0) is 0 Å². The van der Waals surface area contributed by atoms with Gasteiger partial charge < -0.3 is 15.6 Å². The number of ether oxygens (including phenoxy) is 1. The van der Waals surface area contributed by atoms with E-state index in [1.54, 1.807) is 32.0 Å². The van der Waals surface area contributed by atoms with Gasteiger partial charge in [0.15, 0.2) is 6.19 Å². The number of aliphatic hydroxyl groups excluding tert-OH is 1.